The predicted octanol–water partition coefficient (Wildman–Crippen LogP) is 12.3. The third-order valence-corrected chi connectivity index (χ3v) is 10.2. The third-order valence-electron chi connectivity index (χ3n) is 10.2. The number of furan rings is 1. The van der Waals surface area contributed by atoms with Crippen molar-refractivity contribution in [3.05, 3.63) is 164 Å². The molecule has 0 fully saturated rings. The Bertz CT molecular complexity index is 3080. The monoisotopic (exact) mass is 637 g/mol. The molecule has 4 nitrogen and oxygen atoms in total. The fourth-order valence-electron chi connectivity index (χ4n) is 8.07. The quantitative estimate of drug-likeness (QED) is 0.181. The lowest BCUT2D eigenvalue weighted by molar-refractivity contribution is 0.671. The summed E-state index contributed by atoms with van der Waals surface area (Å²) in [5.41, 5.74) is 7.50. The van der Waals surface area contributed by atoms with Gasteiger partial charge in [0, 0.05) is 38.1 Å². The Kier molecular flexibility index (Phi) is 5.63. The summed E-state index contributed by atoms with van der Waals surface area (Å²) < 4.78 is 9.23. The second kappa shape index (κ2) is 10.4. The molecule has 3 heterocycles. The number of aromatic nitrogens is 3. The van der Waals surface area contributed by atoms with Gasteiger partial charge in [0.25, 0.3) is 0 Å². The van der Waals surface area contributed by atoms with E-state index in [1.165, 1.54) is 32.3 Å². The first-order chi connectivity index (χ1) is 24.8. The minimum absolute atomic E-state index is 0.600. The van der Waals surface area contributed by atoms with Gasteiger partial charge in [-0.2, -0.15) is 0 Å². The van der Waals surface area contributed by atoms with Gasteiger partial charge in [0.15, 0.2) is 5.58 Å². The van der Waals surface area contributed by atoms with Crippen molar-refractivity contribution in [1.82, 2.24) is 14.5 Å². The zero-order chi connectivity index (χ0) is 32.8. The minimum atomic E-state index is 0.600. The maximum Gasteiger partial charge on any atom is 0.235 e. The molecule has 0 N–H and O–H groups in total. The van der Waals surface area contributed by atoms with Crippen molar-refractivity contribution in [2.45, 2.75) is 0 Å². The summed E-state index contributed by atoms with van der Waals surface area (Å²) in [6, 6.07) is 57.4. The Hall–Kier alpha value is -6.78. The first-order valence-electron chi connectivity index (χ1n) is 16.9. The van der Waals surface area contributed by atoms with Crippen molar-refractivity contribution in [2.75, 3.05) is 0 Å². The van der Waals surface area contributed by atoms with E-state index in [0.717, 1.165) is 66.3 Å². The molecule has 11 aromatic rings. The Morgan fingerprint density at radius 2 is 0.820 bits per heavy atom. The second-order valence-corrected chi connectivity index (χ2v) is 12.9. The zero-order valence-corrected chi connectivity index (χ0v) is 26.8. The van der Waals surface area contributed by atoms with E-state index < -0.39 is 0 Å². The van der Waals surface area contributed by atoms with Crippen LogP contribution in [0.5, 0.6) is 0 Å². The lowest BCUT2D eigenvalue weighted by atomic mass is 9.94. The van der Waals surface area contributed by atoms with Crippen LogP contribution in [0.4, 0.5) is 0 Å². The number of hydrogen-bond donors (Lipinski definition) is 0. The largest absolute Gasteiger partial charge is 0.454 e. The van der Waals surface area contributed by atoms with E-state index in [1.807, 2.05) is 18.2 Å². The molecule has 0 saturated carbocycles. The predicted molar refractivity (Wildman–Crippen MR) is 207 cm³/mol. The normalized spacial score (nSPS) is 12.0. The van der Waals surface area contributed by atoms with E-state index in [2.05, 4.69) is 150 Å². The highest BCUT2D eigenvalue weighted by Crippen LogP contribution is 2.49. The Labute approximate surface area is 286 Å². The fraction of sp³-hybridized carbons (Fsp3) is 0. The SMILES string of the molecule is c1ccc(-c2cc(-c3ccccc3)nc(-n3c4c5ccccc5c5ccccc5c4c4c5ccccc5c5c6ccccc6oc5c43)n2)cc1. The molecule has 4 heteroatoms. The smallest absolute Gasteiger partial charge is 0.235 e. The van der Waals surface area contributed by atoms with Crippen molar-refractivity contribution in [3.63, 3.8) is 0 Å². The van der Waals surface area contributed by atoms with E-state index in [4.69, 9.17) is 14.4 Å². The van der Waals surface area contributed by atoms with E-state index in [1.54, 1.807) is 0 Å². The molecule has 3 aromatic heterocycles. The molecule has 0 amide bonds. The zero-order valence-electron chi connectivity index (χ0n) is 26.8. The second-order valence-electron chi connectivity index (χ2n) is 12.9. The summed E-state index contributed by atoms with van der Waals surface area (Å²) in [5.74, 6) is 0.600. The van der Waals surface area contributed by atoms with Crippen LogP contribution >= 0.6 is 0 Å². The van der Waals surface area contributed by atoms with E-state index in [-0.39, 0.29) is 0 Å². The minimum Gasteiger partial charge on any atom is -0.454 e. The van der Waals surface area contributed by atoms with Gasteiger partial charge in [0.05, 0.1) is 16.9 Å². The topological polar surface area (TPSA) is 43.9 Å². The summed E-state index contributed by atoms with van der Waals surface area (Å²) in [7, 11) is 0. The summed E-state index contributed by atoms with van der Waals surface area (Å²) in [5, 5.41) is 11.6. The number of rotatable bonds is 3. The lowest BCUT2D eigenvalue weighted by Crippen LogP contribution is -2.04. The van der Waals surface area contributed by atoms with Gasteiger partial charge < -0.3 is 4.42 Å². The number of nitrogens with zero attached hydrogens (tertiary/aromatic N) is 3. The van der Waals surface area contributed by atoms with Crippen LogP contribution in [0, 0.1) is 0 Å². The third kappa shape index (κ3) is 3.76. The molecule has 0 aliphatic heterocycles. The summed E-state index contributed by atoms with van der Waals surface area (Å²) >= 11 is 0. The van der Waals surface area contributed by atoms with Crippen LogP contribution in [-0.2, 0) is 0 Å². The molecule has 0 atom stereocenters. The van der Waals surface area contributed by atoms with Gasteiger partial charge in [0.2, 0.25) is 5.95 Å². The first-order valence-corrected chi connectivity index (χ1v) is 16.9. The van der Waals surface area contributed by atoms with Crippen molar-refractivity contribution in [2.24, 2.45) is 0 Å². The van der Waals surface area contributed by atoms with Gasteiger partial charge in [-0.15, -0.1) is 0 Å². The average Bonchev–Trinajstić information content (AvgIpc) is 3.76. The molecule has 0 unspecified atom stereocenters. The highest BCUT2D eigenvalue weighted by atomic mass is 16.3. The van der Waals surface area contributed by atoms with Crippen LogP contribution in [-0.4, -0.2) is 14.5 Å². The van der Waals surface area contributed by atoms with Gasteiger partial charge in [0.1, 0.15) is 11.1 Å². The molecule has 0 radical (unpaired) electrons. The Balaban J connectivity index is 1.45. The fourth-order valence-corrected chi connectivity index (χ4v) is 8.07. The molecular formula is C46H27N3O. The van der Waals surface area contributed by atoms with Crippen molar-refractivity contribution in [1.29, 1.82) is 0 Å². The van der Waals surface area contributed by atoms with Gasteiger partial charge in [-0.3, -0.25) is 4.57 Å². The van der Waals surface area contributed by atoms with Crippen LogP contribution in [0.1, 0.15) is 0 Å². The number of fused-ring (bicyclic) bond motifs is 15. The highest BCUT2D eigenvalue weighted by Gasteiger charge is 2.27. The van der Waals surface area contributed by atoms with Gasteiger partial charge in [-0.25, -0.2) is 9.97 Å². The molecule has 50 heavy (non-hydrogen) atoms. The number of hydrogen-bond acceptors (Lipinski definition) is 3. The molecule has 8 aromatic carbocycles. The first kappa shape index (κ1) is 27.2. The molecule has 0 aliphatic carbocycles. The van der Waals surface area contributed by atoms with E-state index in [9.17, 15) is 0 Å². The maximum absolute atomic E-state index is 6.94. The molecule has 0 saturated heterocycles. The number of benzene rings is 8. The van der Waals surface area contributed by atoms with E-state index in [0.29, 0.717) is 5.95 Å². The van der Waals surface area contributed by atoms with Crippen LogP contribution in [0.15, 0.2) is 168 Å². The van der Waals surface area contributed by atoms with Gasteiger partial charge in [-0.05, 0) is 39.1 Å². The van der Waals surface area contributed by atoms with Gasteiger partial charge in [-0.1, -0.05) is 152 Å². The molecule has 0 bridgehead atoms. The molecule has 0 spiro atoms. The maximum atomic E-state index is 6.94. The van der Waals surface area contributed by atoms with Crippen molar-refractivity contribution < 1.29 is 4.42 Å². The Morgan fingerprint density at radius 1 is 0.380 bits per heavy atom. The lowest BCUT2D eigenvalue weighted by Gasteiger charge is -2.13. The summed E-state index contributed by atoms with van der Waals surface area (Å²) in [6.07, 6.45) is 0. The van der Waals surface area contributed by atoms with Crippen molar-refractivity contribution >= 4 is 76.1 Å². The van der Waals surface area contributed by atoms with Crippen LogP contribution < -0.4 is 0 Å². The molecular weight excluding hydrogens is 611 g/mol. The standard InChI is InChI=1S/C46H27N3O/c1-3-15-28(16-4-1)37-27-38(29-17-5-2-6-18-29)48-46(47-37)49-43-35-24-12-8-20-31(35)30-19-7-9-21-32(30)41(43)42-34-23-11-10-22-33(34)40-36-25-13-14-26-39(36)50-45(40)44(42)49/h1-27H. The van der Waals surface area contributed by atoms with E-state index >= 15 is 0 Å². The summed E-state index contributed by atoms with van der Waals surface area (Å²) in [6.45, 7) is 0. The van der Waals surface area contributed by atoms with Gasteiger partial charge >= 0.3 is 0 Å². The van der Waals surface area contributed by atoms with Crippen molar-refractivity contribution in [3.8, 4) is 28.5 Å². The molecule has 0 aliphatic rings. The van der Waals surface area contributed by atoms with Crippen LogP contribution in [0.3, 0.4) is 0 Å². The highest BCUT2D eigenvalue weighted by molar-refractivity contribution is 6.41. The average molecular weight is 638 g/mol. The summed E-state index contributed by atoms with van der Waals surface area (Å²) in [4.78, 5) is 10.8. The number of para-hydroxylation sites is 1. The molecule has 11 rings (SSSR count). The van der Waals surface area contributed by atoms with Crippen LogP contribution in [0.25, 0.3) is 105 Å². The van der Waals surface area contributed by atoms with Crippen LogP contribution in [0.2, 0.25) is 0 Å². The molecule has 232 valence electrons. The Morgan fingerprint density at radius 3 is 1.44 bits per heavy atom.